The molecule has 1 saturated heterocycles. The molecule has 0 unspecified atom stereocenters. The predicted octanol–water partition coefficient (Wildman–Crippen LogP) is 4.35. The molecule has 2 aromatic carbocycles. The first-order chi connectivity index (χ1) is 15.9. The lowest BCUT2D eigenvalue weighted by molar-refractivity contribution is -0.143. The number of imide groups is 1. The Hall–Kier alpha value is -3.59. The monoisotopic (exact) mass is 471 g/mol. The zero-order chi connectivity index (χ0) is 24.0. The highest BCUT2D eigenvalue weighted by atomic mass is 32.2. The molecule has 0 radical (unpaired) electrons. The number of esters is 1. The Bertz CT molecular complexity index is 1110. The van der Waals surface area contributed by atoms with Crippen molar-refractivity contribution in [1.82, 2.24) is 4.90 Å². The molecule has 1 heterocycles. The summed E-state index contributed by atoms with van der Waals surface area (Å²) in [7, 11) is 2.68. The van der Waals surface area contributed by atoms with E-state index in [9.17, 15) is 18.8 Å². The van der Waals surface area contributed by atoms with Crippen molar-refractivity contribution in [2.24, 2.45) is 0 Å². The molecule has 0 N–H and O–H groups in total. The lowest BCUT2D eigenvalue weighted by Crippen LogP contribution is -2.34. The average molecular weight is 472 g/mol. The van der Waals surface area contributed by atoms with Crippen LogP contribution in [0, 0.1) is 5.82 Å². The van der Waals surface area contributed by atoms with Gasteiger partial charge in [-0.1, -0.05) is 18.2 Å². The van der Waals surface area contributed by atoms with Crippen LogP contribution in [0.2, 0.25) is 0 Å². The summed E-state index contributed by atoms with van der Waals surface area (Å²) in [6.07, 6.45) is 3.72. The van der Waals surface area contributed by atoms with Crippen molar-refractivity contribution >= 4 is 35.0 Å². The fourth-order valence-electron chi connectivity index (χ4n) is 3.11. The topological polar surface area (TPSA) is 82.1 Å². The molecule has 2 aromatic rings. The van der Waals surface area contributed by atoms with Crippen molar-refractivity contribution in [1.29, 1.82) is 0 Å². The Morgan fingerprint density at radius 1 is 1.18 bits per heavy atom. The fourth-order valence-corrected chi connectivity index (χ4v) is 3.95. The number of methoxy groups -OCH3 is 2. The third-order valence-corrected chi connectivity index (χ3v) is 5.63. The third-order valence-electron chi connectivity index (χ3n) is 4.72. The molecule has 0 aromatic heterocycles. The second-order valence-corrected chi connectivity index (χ2v) is 7.96. The SMILES string of the molecule is C=CCc1cc(/C=C2/SC(=O)N(CC(=O)OC)C2=O)cc(OC)c1OCc1ccc(F)cc1. The van der Waals surface area contributed by atoms with Gasteiger partial charge in [0.25, 0.3) is 11.1 Å². The molecule has 33 heavy (non-hydrogen) atoms. The van der Waals surface area contributed by atoms with E-state index in [0.717, 1.165) is 27.8 Å². The van der Waals surface area contributed by atoms with Crippen LogP contribution in [0.1, 0.15) is 16.7 Å². The van der Waals surface area contributed by atoms with E-state index in [-0.39, 0.29) is 17.3 Å². The van der Waals surface area contributed by atoms with Crippen molar-refractivity contribution in [2.75, 3.05) is 20.8 Å². The van der Waals surface area contributed by atoms with Crippen LogP contribution in [0.5, 0.6) is 11.5 Å². The van der Waals surface area contributed by atoms with E-state index in [1.165, 1.54) is 26.4 Å². The fraction of sp³-hybridized carbons (Fsp3) is 0.208. The van der Waals surface area contributed by atoms with E-state index in [1.807, 2.05) is 0 Å². The van der Waals surface area contributed by atoms with Gasteiger partial charge in [0.1, 0.15) is 19.0 Å². The second kappa shape index (κ2) is 10.8. The van der Waals surface area contributed by atoms with Crippen molar-refractivity contribution < 1.29 is 33.0 Å². The highest BCUT2D eigenvalue weighted by Gasteiger charge is 2.36. The van der Waals surface area contributed by atoms with Crippen molar-refractivity contribution in [3.8, 4) is 11.5 Å². The summed E-state index contributed by atoms with van der Waals surface area (Å²) in [5, 5.41) is -0.547. The van der Waals surface area contributed by atoms with Crippen molar-refractivity contribution in [3.63, 3.8) is 0 Å². The molecule has 1 aliphatic rings. The summed E-state index contributed by atoms with van der Waals surface area (Å²) in [6, 6.07) is 9.47. The van der Waals surface area contributed by atoms with Crippen LogP contribution >= 0.6 is 11.8 Å². The lowest BCUT2D eigenvalue weighted by Gasteiger charge is -2.16. The summed E-state index contributed by atoms with van der Waals surface area (Å²) < 4.78 is 29.2. The number of amides is 2. The first kappa shape index (κ1) is 24.1. The van der Waals surface area contributed by atoms with Gasteiger partial charge in [-0.05, 0) is 59.7 Å². The summed E-state index contributed by atoms with van der Waals surface area (Å²) in [5.74, 6) is -0.661. The lowest BCUT2D eigenvalue weighted by atomic mass is 10.0. The number of rotatable bonds is 9. The molecular weight excluding hydrogens is 449 g/mol. The van der Waals surface area contributed by atoms with Crippen LogP contribution in [-0.2, 0) is 27.4 Å². The van der Waals surface area contributed by atoms with E-state index >= 15 is 0 Å². The van der Waals surface area contributed by atoms with E-state index in [4.69, 9.17) is 9.47 Å². The molecule has 7 nitrogen and oxygen atoms in total. The maximum atomic E-state index is 13.2. The van der Waals surface area contributed by atoms with Gasteiger partial charge < -0.3 is 14.2 Å². The quantitative estimate of drug-likeness (QED) is 0.305. The number of carbonyl (C=O) groups is 3. The van der Waals surface area contributed by atoms with Gasteiger partial charge >= 0.3 is 5.97 Å². The van der Waals surface area contributed by atoms with Gasteiger partial charge in [0.2, 0.25) is 0 Å². The molecule has 2 amide bonds. The van der Waals surface area contributed by atoms with E-state index in [2.05, 4.69) is 11.3 Å². The standard InChI is InChI=1S/C24H22FNO6S/c1-4-5-17-10-16(12-20-23(28)26(24(29)33-20)13-21(27)31-3)11-19(30-2)22(17)32-14-15-6-8-18(25)9-7-15/h4,6-12H,1,5,13-14H2,2-3H3/b20-12+. The normalized spacial score (nSPS) is 14.5. The van der Waals surface area contributed by atoms with Crippen LogP contribution in [-0.4, -0.2) is 42.8 Å². The highest BCUT2D eigenvalue weighted by Crippen LogP contribution is 2.37. The number of benzene rings is 2. The largest absolute Gasteiger partial charge is 0.493 e. The van der Waals surface area contributed by atoms with Gasteiger partial charge in [-0.3, -0.25) is 19.3 Å². The van der Waals surface area contributed by atoms with Crippen LogP contribution in [0.15, 0.2) is 54.0 Å². The molecule has 0 bridgehead atoms. The Kier molecular flexibility index (Phi) is 7.89. The van der Waals surface area contributed by atoms with Crippen molar-refractivity contribution in [2.45, 2.75) is 13.0 Å². The van der Waals surface area contributed by atoms with Gasteiger partial charge in [0.15, 0.2) is 11.5 Å². The van der Waals surface area contributed by atoms with E-state index in [0.29, 0.717) is 23.5 Å². The maximum Gasteiger partial charge on any atom is 0.325 e. The number of thioether (sulfide) groups is 1. The highest BCUT2D eigenvalue weighted by molar-refractivity contribution is 8.18. The first-order valence-electron chi connectivity index (χ1n) is 9.87. The van der Waals surface area contributed by atoms with Gasteiger partial charge in [0.05, 0.1) is 19.1 Å². The smallest absolute Gasteiger partial charge is 0.325 e. The number of hydrogen-bond acceptors (Lipinski definition) is 7. The van der Waals surface area contributed by atoms with Gasteiger partial charge in [-0.25, -0.2) is 4.39 Å². The first-order valence-corrected chi connectivity index (χ1v) is 10.7. The number of hydrogen-bond donors (Lipinski definition) is 0. The van der Waals surface area contributed by atoms with Crippen LogP contribution in [0.4, 0.5) is 9.18 Å². The van der Waals surface area contributed by atoms with Gasteiger partial charge in [-0.2, -0.15) is 0 Å². The minimum Gasteiger partial charge on any atom is -0.493 e. The third kappa shape index (κ3) is 5.81. The zero-order valence-corrected chi connectivity index (χ0v) is 18.9. The van der Waals surface area contributed by atoms with Gasteiger partial charge in [0, 0.05) is 5.56 Å². The van der Waals surface area contributed by atoms with Crippen LogP contribution in [0.25, 0.3) is 6.08 Å². The van der Waals surface area contributed by atoms with Gasteiger partial charge in [-0.15, -0.1) is 6.58 Å². The number of halogens is 1. The summed E-state index contributed by atoms with van der Waals surface area (Å²) in [5.41, 5.74) is 2.15. The Labute approximate surface area is 194 Å². The minimum atomic E-state index is -0.684. The van der Waals surface area contributed by atoms with Crippen LogP contribution in [0.3, 0.4) is 0 Å². The molecule has 0 spiro atoms. The van der Waals surface area contributed by atoms with E-state index in [1.54, 1.807) is 36.4 Å². The van der Waals surface area contributed by atoms with E-state index < -0.39 is 23.7 Å². The summed E-state index contributed by atoms with van der Waals surface area (Å²) in [4.78, 5) is 37.3. The zero-order valence-electron chi connectivity index (χ0n) is 18.1. The summed E-state index contributed by atoms with van der Waals surface area (Å²) in [6.45, 7) is 3.53. The maximum absolute atomic E-state index is 13.2. The number of carbonyl (C=O) groups excluding carboxylic acids is 3. The second-order valence-electron chi connectivity index (χ2n) is 6.96. The Balaban J connectivity index is 1.89. The molecular formula is C24H22FNO6S. The molecule has 172 valence electrons. The Morgan fingerprint density at radius 3 is 2.55 bits per heavy atom. The molecule has 1 aliphatic heterocycles. The minimum absolute atomic E-state index is 0.176. The van der Waals surface area contributed by atoms with Crippen LogP contribution < -0.4 is 9.47 Å². The predicted molar refractivity (Wildman–Crippen MR) is 122 cm³/mol. The number of nitrogens with zero attached hydrogens (tertiary/aromatic N) is 1. The molecule has 1 fully saturated rings. The molecule has 0 atom stereocenters. The Morgan fingerprint density at radius 2 is 1.91 bits per heavy atom. The van der Waals surface area contributed by atoms with Crippen molar-refractivity contribution in [3.05, 3.63) is 76.5 Å². The molecule has 3 rings (SSSR count). The average Bonchev–Trinajstić information content (AvgIpc) is 3.06. The molecule has 0 aliphatic carbocycles. The number of allylic oxidation sites excluding steroid dienone is 1. The summed E-state index contributed by atoms with van der Waals surface area (Å²) >= 11 is 0.743. The number of ether oxygens (including phenoxy) is 3. The molecule has 9 heteroatoms. The molecule has 0 saturated carbocycles.